The summed E-state index contributed by atoms with van der Waals surface area (Å²) in [6.07, 6.45) is 0.771. The third-order valence-electron chi connectivity index (χ3n) is 2.75. The summed E-state index contributed by atoms with van der Waals surface area (Å²) in [6.45, 7) is 4.50. The molecule has 0 aromatic heterocycles. The highest BCUT2D eigenvalue weighted by Gasteiger charge is 2.20. The molecule has 90 valence electrons. The first kappa shape index (κ1) is 13.1. The van der Waals surface area contributed by atoms with E-state index in [1.165, 1.54) is 6.07 Å². The van der Waals surface area contributed by atoms with Gasteiger partial charge in [0.25, 0.3) is 0 Å². The molecule has 0 spiro atoms. The average Bonchev–Trinajstić information content (AvgIpc) is 2.30. The van der Waals surface area contributed by atoms with Crippen molar-refractivity contribution in [2.45, 2.75) is 32.5 Å². The van der Waals surface area contributed by atoms with Crippen molar-refractivity contribution in [2.24, 2.45) is 5.73 Å². The van der Waals surface area contributed by atoms with Gasteiger partial charge in [-0.3, -0.25) is 0 Å². The van der Waals surface area contributed by atoms with Crippen molar-refractivity contribution in [1.29, 1.82) is 0 Å². The second-order valence-electron chi connectivity index (χ2n) is 4.04. The van der Waals surface area contributed by atoms with Gasteiger partial charge in [-0.2, -0.15) is 0 Å². The van der Waals surface area contributed by atoms with Crippen molar-refractivity contribution < 1.29 is 13.5 Å². The molecule has 0 aliphatic heterocycles. The molecular weight excluding hydrogens is 212 g/mol. The lowest BCUT2D eigenvalue weighted by Gasteiger charge is -2.26. The van der Waals surface area contributed by atoms with Gasteiger partial charge in [0, 0.05) is 6.54 Å². The summed E-state index contributed by atoms with van der Waals surface area (Å²) in [7, 11) is 0. The molecule has 0 bridgehead atoms. The highest BCUT2D eigenvalue weighted by atomic mass is 19.2. The first-order valence-electron chi connectivity index (χ1n) is 5.28. The Labute approximate surface area is 94.4 Å². The lowest BCUT2D eigenvalue weighted by atomic mass is 10.0. The fraction of sp³-hybridized carbons (Fsp3) is 0.500. The first-order valence-corrected chi connectivity index (χ1v) is 5.28. The second kappa shape index (κ2) is 5.37. The minimum Gasteiger partial charge on any atom is -0.369 e. The molecule has 1 aromatic rings. The predicted octanol–water partition coefficient (Wildman–Crippen LogP) is 2.61. The first-order chi connectivity index (χ1) is 7.50. The number of hydrogen-bond acceptors (Lipinski definition) is 2. The summed E-state index contributed by atoms with van der Waals surface area (Å²) < 4.78 is 31.2. The van der Waals surface area contributed by atoms with Crippen LogP contribution in [0.3, 0.4) is 0 Å². The summed E-state index contributed by atoms with van der Waals surface area (Å²) >= 11 is 0. The molecule has 0 aliphatic rings. The zero-order valence-electron chi connectivity index (χ0n) is 9.59. The van der Waals surface area contributed by atoms with E-state index >= 15 is 0 Å². The van der Waals surface area contributed by atoms with Crippen molar-refractivity contribution in [1.82, 2.24) is 0 Å². The number of halogens is 2. The van der Waals surface area contributed by atoms with Gasteiger partial charge in [-0.05, 0) is 31.0 Å². The van der Waals surface area contributed by atoms with E-state index in [-0.39, 0.29) is 6.61 Å². The maximum atomic E-state index is 12.9. The summed E-state index contributed by atoms with van der Waals surface area (Å²) in [6, 6.07) is 3.74. The van der Waals surface area contributed by atoms with Gasteiger partial charge < -0.3 is 10.5 Å². The van der Waals surface area contributed by atoms with E-state index in [9.17, 15) is 8.78 Å². The van der Waals surface area contributed by atoms with Gasteiger partial charge in [-0.25, -0.2) is 8.78 Å². The predicted molar refractivity (Wildman–Crippen MR) is 58.9 cm³/mol. The topological polar surface area (TPSA) is 35.2 Å². The molecule has 1 atom stereocenters. The SMILES string of the molecule is CCC(C)(CN)OCc1ccc(F)c(F)c1. The summed E-state index contributed by atoms with van der Waals surface area (Å²) in [5, 5.41) is 0. The monoisotopic (exact) mass is 229 g/mol. The van der Waals surface area contributed by atoms with Crippen LogP contribution in [-0.2, 0) is 11.3 Å². The highest BCUT2D eigenvalue weighted by molar-refractivity contribution is 5.17. The third kappa shape index (κ3) is 3.25. The van der Waals surface area contributed by atoms with E-state index in [0.29, 0.717) is 12.1 Å². The van der Waals surface area contributed by atoms with Gasteiger partial charge in [0.15, 0.2) is 11.6 Å². The van der Waals surface area contributed by atoms with Crippen LogP contribution >= 0.6 is 0 Å². The summed E-state index contributed by atoms with van der Waals surface area (Å²) in [5.74, 6) is -1.70. The van der Waals surface area contributed by atoms with Crippen LogP contribution in [0.25, 0.3) is 0 Å². The van der Waals surface area contributed by atoms with Crippen LogP contribution in [0, 0.1) is 11.6 Å². The molecule has 0 saturated heterocycles. The Bertz CT molecular complexity index is 351. The number of ether oxygens (including phenoxy) is 1. The Morgan fingerprint density at radius 2 is 2.00 bits per heavy atom. The van der Waals surface area contributed by atoms with Crippen molar-refractivity contribution in [3.63, 3.8) is 0 Å². The minimum atomic E-state index is -0.855. The Kier molecular flexibility index (Phi) is 4.38. The van der Waals surface area contributed by atoms with Crippen molar-refractivity contribution in [3.05, 3.63) is 35.4 Å². The fourth-order valence-corrected chi connectivity index (χ4v) is 1.19. The minimum absolute atomic E-state index is 0.235. The lowest BCUT2D eigenvalue weighted by molar-refractivity contribution is -0.0388. The summed E-state index contributed by atoms with van der Waals surface area (Å²) in [4.78, 5) is 0. The molecular formula is C12H17F2NO. The second-order valence-corrected chi connectivity index (χ2v) is 4.04. The molecule has 0 fully saturated rings. The van der Waals surface area contributed by atoms with E-state index < -0.39 is 17.2 Å². The molecule has 1 unspecified atom stereocenters. The Morgan fingerprint density at radius 3 is 2.50 bits per heavy atom. The number of nitrogens with two attached hydrogens (primary N) is 1. The molecule has 1 rings (SSSR count). The number of hydrogen-bond donors (Lipinski definition) is 1. The average molecular weight is 229 g/mol. The molecule has 0 aliphatic carbocycles. The molecule has 1 aromatic carbocycles. The molecule has 2 N–H and O–H groups in total. The highest BCUT2D eigenvalue weighted by Crippen LogP contribution is 2.17. The molecule has 0 heterocycles. The van der Waals surface area contributed by atoms with Crippen LogP contribution in [0.15, 0.2) is 18.2 Å². The quantitative estimate of drug-likeness (QED) is 0.842. The van der Waals surface area contributed by atoms with Gasteiger partial charge in [0.2, 0.25) is 0 Å². The Hall–Kier alpha value is -1.00. The van der Waals surface area contributed by atoms with Gasteiger partial charge in [-0.1, -0.05) is 13.0 Å². The lowest BCUT2D eigenvalue weighted by Crippen LogP contribution is -2.36. The van der Waals surface area contributed by atoms with E-state index in [0.717, 1.165) is 18.6 Å². The van der Waals surface area contributed by atoms with Crippen molar-refractivity contribution in [3.8, 4) is 0 Å². The fourth-order valence-electron chi connectivity index (χ4n) is 1.19. The zero-order chi connectivity index (χ0) is 12.2. The largest absolute Gasteiger partial charge is 0.369 e. The maximum absolute atomic E-state index is 12.9. The van der Waals surface area contributed by atoms with E-state index in [4.69, 9.17) is 10.5 Å². The Morgan fingerprint density at radius 1 is 1.31 bits per heavy atom. The van der Waals surface area contributed by atoms with Crippen LogP contribution in [0.2, 0.25) is 0 Å². The Balaban J connectivity index is 2.64. The van der Waals surface area contributed by atoms with Gasteiger partial charge in [-0.15, -0.1) is 0 Å². The molecule has 4 heteroatoms. The maximum Gasteiger partial charge on any atom is 0.159 e. The van der Waals surface area contributed by atoms with E-state index in [1.54, 1.807) is 0 Å². The van der Waals surface area contributed by atoms with Crippen LogP contribution in [0.5, 0.6) is 0 Å². The van der Waals surface area contributed by atoms with Gasteiger partial charge in [0.05, 0.1) is 12.2 Å². The zero-order valence-corrected chi connectivity index (χ0v) is 9.59. The molecule has 2 nitrogen and oxygen atoms in total. The molecule has 0 saturated carbocycles. The van der Waals surface area contributed by atoms with Gasteiger partial charge in [0.1, 0.15) is 0 Å². The van der Waals surface area contributed by atoms with E-state index in [2.05, 4.69) is 0 Å². The van der Waals surface area contributed by atoms with Crippen LogP contribution in [0.4, 0.5) is 8.78 Å². The third-order valence-corrected chi connectivity index (χ3v) is 2.75. The standard InChI is InChI=1S/C12H17F2NO/c1-3-12(2,8-15)16-7-9-4-5-10(13)11(14)6-9/h4-6H,3,7-8,15H2,1-2H3. The van der Waals surface area contributed by atoms with Gasteiger partial charge >= 0.3 is 0 Å². The normalized spacial score (nSPS) is 14.8. The number of benzene rings is 1. The van der Waals surface area contributed by atoms with Crippen molar-refractivity contribution in [2.75, 3.05) is 6.54 Å². The molecule has 0 amide bonds. The summed E-state index contributed by atoms with van der Waals surface area (Å²) in [5.41, 5.74) is 5.77. The molecule has 16 heavy (non-hydrogen) atoms. The molecule has 0 radical (unpaired) electrons. The smallest absolute Gasteiger partial charge is 0.159 e. The van der Waals surface area contributed by atoms with Crippen molar-refractivity contribution >= 4 is 0 Å². The van der Waals surface area contributed by atoms with E-state index in [1.807, 2.05) is 13.8 Å². The van der Waals surface area contributed by atoms with Crippen LogP contribution < -0.4 is 5.73 Å². The van der Waals surface area contributed by atoms with Crippen LogP contribution in [0.1, 0.15) is 25.8 Å². The number of rotatable bonds is 5. The van der Waals surface area contributed by atoms with Crippen LogP contribution in [-0.4, -0.2) is 12.1 Å².